The van der Waals surface area contributed by atoms with E-state index in [9.17, 15) is 5.11 Å². The van der Waals surface area contributed by atoms with Crippen molar-refractivity contribution in [3.8, 4) is 11.4 Å². The molecule has 120 valence electrons. The van der Waals surface area contributed by atoms with Crippen LogP contribution in [0.4, 0.5) is 0 Å². The number of fused-ring (bicyclic) bond motifs is 1. The van der Waals surface area contributed by atoms with E-state index in [1.54, 1.807) is 0 Å². The molecule has 23 heavy (non-hydrogen) atoms. The standard InChI is InChI=1S/C17H20N4O2/c1-10-14-8-5-12(9-15(14)21(2)19-10)16-18-17(23-20-16)11-3-6-13(22)7-4-11/h5,8-9,11,13,22H,3-4,6-7H2,1-2H3. The third-order valence-electron chi connectivity index (χ3n) is 4.78. The van der Waals surface area contributed by atoms with Gasteiger partial charge in [-0.15, -0.1) is 0 Å². The Balaban J connectivity index is 1.65. The minimum absolute atomic E-state index is 0.177. The Hall–Kier alpha value is -2.21. The van der Waals surface area contributed by atoms with E-state index in [-0.39, 0.29) is 12.0 Å². The van der Waals surface area contributed by atoms with Crippen molar-refractivity contribution in [3.63, 3.8) is 0 Å². The zero-order valence-electron chi connectivity index (χ0n) is 13.4. The SMILES string of the molecule is Cc1nn(C)c2cc(-c3noc(C4CCC(O)CC4)n3)ccc12. The van der Waals surface area contributed by atoms with E-state index in [1.165, 1.54) is 0 Å². The van der Waals surface area contributed by atoms with Crippen LogP contribution in [0.3, 0.4) is 0 Å². The monoisotopic (exact) mass is 312 g/mol. The van der Waals surface area contributed by atoms with Crippen molar-refractivity contribution in [2.24, 2.45) is 7.05 Å². The lowest BCUT2D eigenvalue weighted by Gasteiger charge is -2.22. The van der Waals surface area contributed by atoms with E-state index in [0.717, 1.165) is 47.8 Å². The molecular weight excluding hydrogens is 292 g/mol. The van der Waals surface area contributed by atoms with Crippen molar-refractivity contribution < 1.29 is 9.63 Å². The van der Waals surface area contributed by atoms with Gasteiger partial charge in [0.2, 0.25) is 11.7 Å². The Morgan fingerprint density at radius 2 is 2.00 bits per heavy atom. The largest absolute Gasteiger partial charge is 0.393 e. The second kappa shape index (κ2) is 5.45. The lowest BCUT2D eigenvalue weighted by Crippen LogP contribution is -2.17. The first-order valence-corrected chi connectivity index (χ1v) is 8.07. The molecule has 3 aromatic rings. The summed E-state index contributed by atoms with van der Waals surface area (Å²) in [4.78, 5) is 4.58. The van der Waals surface area contributed by atoms with E-state index in [4.69, 9.17) is 4.52 Å². The fourth-order valence-electron chi connectivity index (χ4n) is 3.42. The van der Waals surface area contributed by atoms with Crippen LogP contribution in [0.2, 0.25) is 0 Å². The third kappa shape index (κ3) is 2.53. The van der Waals surface area contributed by atoms with Crippen LogP contribution in [0.5, 0.6) is 0 Å². The van der Waals surface area contributed by atoms with Crippen LogP contribution in [0, 0.1) is 6.92 Å². The predicted molar refractivity (Wildman–Crippen MR) is 86.0 cm³/mol. The summed E-state index contributed by atoms with van der Waals surface area (Å²) in [7, 11) is 1.94. The number of rotatable bonds is 2. The molecule has 6 nitrogen and oxygen atoms in total. The third-order valence-corrected chi connectivity index (χ3v) is 4.78. The van der Waals surface area contributed by atoms with Gasteiger partial charge in [-0.05, 0) is 38.7 Å². The highest BCUT2D eigenvalue weighted by atomic mass is 16.5. The van der Waals surface area contributed by atoms with E-state index in [2.05, 4.69) is 27.4 Å². The molecule has 2 heterocycles. The number of hydrogen-bond donors (Lipinski definition) is 1. The van der Waals surface area contributed by atoms with E-state index in [1.807, 2.05) is 24.7 Å². The molecule has 1 aliphatic carbocycles. The molecule has 1 N–H and O–H groups in total. The van der Waals surface area contributed by atoms with Gasteiger partial charge in [0.25, 0.3) is 0 Å². The van der Waals surface area contributed by atoms with Crippen molar-refractivity contribution in [2.45, 2.75) is 44.6 Å². The summed E-state index contributed by atoms with van der Waals surface area (Å²) < 4.78 is 7.35. The topological polar surface area (TPSA) is 77.0 Å². The summed E-state index contributed by atoms with van der Waals surface area (Å²) in [6, 6.07) is 6.12. The zero-order chi connectivity index (χ0) is 16.0. The minimum atomic E-state index is -0.177. The van der Waals surface area contributed by atoms with Crippen LogP contribution in [0.15, 0.2) is 22.7 Å². The van der Waals surface area contributed by atoms with Crippen molar-refractivity contribution in [3.05, 3.63) is 29.8 Å². The van der Waals surface area contributed by atoms with Gasteiger partial charge in [-0.2, -0.15) is 10.1 Å². The number of benzene rings is 1. The van der Waals surface area contributed by atoms with Crippen molar-refractivity contribution in [2.75, 3.05) is 0 Å². The van der Waals surface area contributed by atoms with Gasteiger partial charge in [-0.3, -0.25) is 4.68 Å². The maximum absolute atomic E-state index is 9.61. The van der Waals surface area contributed by atoms with Crippen LogP contribution in [0.1, 0.15) is 43.2 Å². The highest BCUT2D eigenvalue weighted by Crippen LogP contribution is 2.33. The van der Waals surface area contributed by atoms with Gasteiger partial charge in [0, 0.05) is 23.9 Å². The first-order chi connectivity index (χ1) is 11.1. The molecule has 0 radical (unpaired) electrons. The molecule has 2 aromatic heterocycles. The van der Waals surface area contributed by atoms with E-state index < -0.39 is 0 Å². The smallest absolute Gasteiger partial charge is 0.230 e. The Labute approximate surface area is 134 Å². The molecule has 6 heteroatoms. The Kier molecular flexibility index (Phi) is 3.41. The number of aryl methyl sites for hydroxylation is 2. The second-order valence-electron chi connectivity index (χ2n) is 6.40. The molecular formula is C17H20N4O2. The summed E-state index contributed by atoms with van der Waals surface area (Å²) in [6.07, 6.45) is 3.25. The number of nitrogens with zero attached hydrogens (tertiary/aromatic N) is 4. The maximum atomic E-state index is 9.61. The van der Waals surface area contributed by atoms with Gasteiger partial charge in [-0.1, -0.05) is 17.3 Å². The quantitative estimate of drug-likeness (QED) is 0.787. The zero-order valence-corrected chi connectivity index (χ0v) is 13.4. The second-order valence-corrected chi connectivity index (χ2v) is 6.40. The predicted octanol–water partition coefficient (Wildman–Crippen LogP) is 2.95. The van der Waals surface area contributed by atoms with Gasteiger partial charge in [-0.25, -0.2) is 0 Å². The first-order valence-electron chi connectivity index (χ1n) is 8.07. The summed E-state index contributed by atoms with van der Waals surface area (Å²) >= 11 is 0. The molecule has 0 spiro atoms. The van der Waals surface area contributed by atoms with Gasteiger partial charge in [0.05, 0.1) is 17.3 Å². The average molecular weight is 312 g/mol. The Bertz CT molecular complexity index is 844. The van der Waals surface area contributed by atoms with Crippen LogP contribution in [-0.2, 0) is 7.05 Å². The van der Waals surface area contributed by atoms with Gasteiger partial charge in [0.1, 0.15) is 0 Å². The highest BCUT2D eigenvalue weighted by molar-refractivity contribution is 5.85. The van der Waals surface area contributed by atoms with Gasteiger partial charge in [0.15, 0.2) is 0 Å². The fourth-order valence-corrected chi connectivity index (χ4v) is 3.42. The normalized spacial score (nSPS) is 21.9. The summed E-state index contributed by atoms with van der Waals surface area (Å²) in [6.45, 7) is 2.01. The number of aromatic nitrogens is 4. The van der Waals surface area contributed by atoms with Crippen molar-refractivity contribution >= 4 is 10.9 Å². The molecule has 0 unspecified atom stereocenters. The van der Waals surface area contributed by atoms with Crippen LogP contribution in [-0.4, -0.2) is 31.1 Å². The van der Waals surface area contributed by atoms with Crippen LogP contribution < -0.4 is 0 Å². The molecule has 1 saturated carbocycles. The molecule has 1 aliphatic rings. The maximum Gasteiger partial charge on any atom is 0.230 e. The lowest BCUT2D eigenvalue weighted by atomic mass is 9.87. The summed E-state index contributed by atoms with van der Waals surface area (Å²) in [5.41, 5.74) is 3.02. The van der Waals surface area contributed by atoms with Gasteiger partial charge < -0.3 is 9.63 Å². The fraction of sp³-hybridized carbons (Fsp3) is 0.471. The first kappa shape index (κ1) is 14.4. The Morgan fingerprint density at radius 1 is 1.22 bits per heavy atom. The van der Waals surface area contributed by atoms with Crippen molar-refractivity contribution in [1.29, 1.82) is 0 Å². The molecule has 0 saturated heterocycles. The molecule has 1 aromatic carbocycles. The number of aliphatic hydroxyl groups is 1. The molecule has 0 aliphatic heterocycles. The average Bonchev–Trinajstić information content (AvgIpc) is 3.14. The van der Waals surface area contributed by atoms with Crippen LogP contribution >= 0.6 is 0 Å². The summed E-state index contributed by atoms with van der Waals surface area (Å²) in [5, 5.41) is 19.3. The van der Waals surface area contributed by atoms with Crippen LogP contribution in [0.25, 0.3) is 22.3 Å². The molecule has 1 fully saturated rings. The molecule has 4 rings (SSSR count). The molecule has 0 amide bonds. The minimum Gasteiger partial charge on any atom is -0.393 e. The lowest BCUT2D eigenvalue weighted by molar-refractivity contribution is 0.116. The summed E-state index contributed by atoms with van der Waals surface area (Å²) in [5.74, 6) is 1.57. The number of aliphatic hydroxyl groups excluding tert-OH is 1. The molecule has 0 atom stereocenters. The van der Waals surface area contributed by atoms with Gasteiger partial charge >= 0.3 is 0 Å². The van der Waals surface area contributed by atoms with E-state index in [0.29, 0.717) is 11.7 Å². The van der Waals surface area contributed by atoms with Crippen molar-refractivity contribution in [1.82, 2.24) is 19.9 Å². The van der Waals surface area contributed by atoms with E-state index >= 15 is 0 Å². The Morgan fingerprint density at radius 3 is 2.78 bits per heavy atom. The number of hydrogen-bond acceptors (Lipinski definition) is 5. The molecule has 0 bridgehead atoms. The highest BCUT2D eigenvalue weighted by Gasteiger charge is 2.25.